The van der Waals surface area contributed by atoms with Crippen molar-refractivity contribution in [2.24, 2.45) is 5.73 Å². The number of anilines is 2. The molecule has 5 heteroatoms. The highest BCUT2D eigenvalue weighted by atomic mass is 79.9. The number of benzene rings is 2. The normalized spacial score (nSPS) is 10.2. The molecule has 0 spiro atoms. The number of rotatable bonds is 4. The maximum Gasteiger partial charge on any atom is 0.120 e. The van der Waals surface area contributed by atoms with E-state index >= 15 is 0 Å². The van der Waals surface area contributed by atoms with Crippen molar-refractivity contribution in [3.63, 3.8) is 0 Å². The monoisotopic (exact) mass is 350 g/mol. The quantitative estimate of drug-likeness (QED) is 0.849. The van der Waals surface area contributed by atoms with Crippen LogP contribution < -0.4 is 15.4 Å². The lowest BCUT2D eigenvalue weighted by molar-refractivity contribution is 0.415. The number of thiocarbonyl (C=S) groups is 1. The van der Waals surface area contributed by atoms with Crippen molar-refractivity contribution >= 4 is 44.5 Å². The van der Waals surface area contributed by atoms with Crippen molar-refractivity contribution in [2.45, 2.75) is 0 Å². The Morgan fingerprint density at radius 3 is 2.65 bits per heavy atom. The molecular formula is C15H15BrN2OS. The van der Waals surface area contributed by atoms with Crippen LogP contribution in [0.1, 0.15) is 5.56 Å². The summed E-state index contributed by atoms with van der Waals surface area (Å²) in [5.74, 6) is 0.807. The first-order valence-electron chi connectivity index (χ1n) is 6.00. The maximum atomic E-state index is 5.80. The first-order valence-corrected chi connectivity index (χ1v) is 7.20. The molecular weight excluding hydrogens is 336 g/mol. The fraction of sp³-hybridized carbons (Fsp3) is 0.133. The van der Waals surface area contributed by atoms with E-state index in [2.05, 4.69) is 15.9 Å². The average molecular weight is 351 g/mol. The Labute approximate surface area is 132 Å². The van der Waals surface area contributed by atoms with Gasteiger partial charge in [-0.1, -0.05) is 34.2 Å². The molecule has 2 N–H and O–H groups in total. The summed E-state index contributed by atoms with van der Waals surface area (Å²) >= 11 is 8.60. The van der Waals surface area contributed by atoms with Crippen LogP contribution in [0.4, 0.5) is 11.4 Å². The molecule has 0 heterocycles. The summed E-state index contributed by atoms with van der Waals surface area (Å²) in [4.78, 5) is 2.41. The molecule has 0 fully saturated rings. The Balaban J connectivity index is 2.49. The van der Waals surface area contributed by atoms with Crippen LogP contribution in [0.25, 0.3) is 0 Å². The molecule has 0 saturated carbocycles. The van der Waals surface area contributed by atoms with Crippen molar-refractivity contribution < 1.29 is 4.74 Å². The highest BCUT2D eigenvalue weighted by Crippen LogP contribution is 2.31. The van der Waals surface area contributed by atoms with Crippen LogP contribution in [0.3, 0.4) is 0 Å². The lowest BCUT2D eigenvalue weighted by atomic mass is 10.1. The lowest BCUT2D eigenvalue weighted by Gasteiger charge is -2.23. The van der Waals surface area contributed by atoms with E-state index in [1.807, 2.05) is 54.4 Å². The van der Waals surface area contributed by atoms with Crippen LogP contribution in [0.2, 0.25) is 0 Å². The highest BCUT2D eigenvalue weighted by molar-refractivity contribution is 9.10. The van der Waals surface area contributed by atoms with E-state index in [0.717, 1.165) is 27.2 Å². The van der Waals surface area contributed by atoms with Crippen molar-refractivity contribution in [1.29, 1.82) is 0 Å². The van der Waals surface area contributed by atoms with E-state index < -0.39 is 0 Å². The topological polar surface area (TPSA) is 38.5 Å². The molecule has 2 rings (SSSR count). The zero-order valence-corrected chi connectivity index (χ0v) is 13.7. The number of hydrogen-bond donors (Lipinski definition) is 1. The Kier molecular flexibility index (Phi) is 4.62. The summed E-state index contributed by atoms with van der Waals surface area (Å²) in [7, 11) is 3.62. The molecule has 0 aromatic heterocycles. The second-order valence-electron chi connectivity index (χ2n) is 4.29. The molecule has 0 aliphatic heterocycles. The number of nitrogens with two attached hydrogens (primary N) is 1. The molecule has 3 nitrogen and oxygen atoms in total. The van der Waals surface area contributed by atoms with E-state index in [0.29, 0.717) is 4.99 Å². The minimum absolute atomic E-state index is 0.377. The first-order chi connectivity index (χ1) is 9.52. The third kappa shape index (κ3) is 3.11. The van der Waals surface area contributed by atoms with Gasteiger partial charge in [0.05, 0.1) is 12.8 Å². The molecule has 0 saturated heterocycles. The Bertz CT molecular complexity index is 646. The molecule has 0 bridgehead atoms. The van der Waals surface area contributed by atoms with Gasteiger partial charge in [-0.15, -0.1) is 0 Å². The average Bonchev–Trinajstić information content (AvgIpc) is 2.46. The molecule has 0 aliphatic rings. The van der Waals surface area contributed by atoms with Crippen LogP contribution in [-0.4, -0.2) is 19.1 Å². The van der Waals surface area contributed by atoms with Crippen molar-refractivity contribution in [3.05, 3.63) is 52.5 Å². The predicted molar refractivity (Wildman–Crippen MR) is 91.1 cm³/mol. The Morgan fingerprint density at radius 2 is 2.00 bits per heavy atom. The van der Waals surface area contributed by atoms with Gasteiger partial charge in [0.15, 0.2) is 0 Å². The molecule has 0 aliphatic carbocycles. The minimum atomic E-state index is 0.377. The van der Waals surface area contributed by atoms with E-state index in [1.165, 1.54) is 0 Å². The van der Waals surface area contributed by atoms with Gasteiger partial charge in [0, 0.05) is 28.8 Å². The Hall–Kier alpha value is -1.59. The number of nitrogens with zero attached hydrogens (tertiary/aromatic N) is 1. The SMILES string of the molecule is COc1cccc(N(C)c2cc(Br)ccc2C(N)=S)c1. The van der Waals surface area contributed by atoms with Gasteiger partial charge in [-0.3, -0.25) is 0 Å². The van der Waals surface area contributed by atoms with Crippen LogP contribution in [0.15, 0.2) is 46.9 Å². The molecule has 104 valence electrons. The van der Waals surface area contributed by atoms with Crippen molar-refractivity contribution in [1.82, 2.24) is 0 Å². The van der Waals surface area contributed by atoms with Gasteiger partial charge in [-0.2, -0.15) is 0 Å². The maximum absolute atomic E-state index is 5.80. The van der Waals surface area contributed by atoms with Crippen LogP contribution in [-0.2, 0) is 0 Å². The molecule has 0 atom stereocenters. The molecule has 0 radical (unpaired) electrons. The van der Waals surface area contributed by atoms with Crippen molar-refractivity contribution in [2.75, 3.05) is 19.1 Å². The zero-order valence-electron chi connectivity index (χ0n) is 11.3. The molecule has 0 amide bonds. The van der Waals surface area contributed by atoms with Crippen LogP contribution >= 0.6 is 28.1 Å². The van der Waals surface area contributed by atoms with Gasteiger partial charge in [0.1, 0.15) is 10.7 Å². The summed E-state index contributed by atoms with van der Waals surface area (Å²) in [5, 5.41) is 0. The summed E-state index contributed by atoms with van der Waals surface area (Å²) < 4.78 is 6.23. The molecule has 2 aromatic rings. The number of methoxy groups -OCH3 is 1. The molecule has 2 aromatic carbocycles. The third-order valence-corrected chi connectivity index (χ3v) is 3.74. The largest absolute Gasteiger partial charge is 0.497 e. The summed E-state index contributed by atoms with van der Waals surface area (Å²) in [6, 6.07) is 13.7. The van der Waals surface area contributed by atoms with Gasteiger partial charge in [0.25, 0.3) is 0 Å². The van der Waals surface area contributed by atoms with Crippen LogP contribution in [0.5, 0.6) is 5.75 Å². The zero-order chi connectivity index (χ0) is 14.7. The first kappa shape index (κ1) is 14.8. The van der Waals surface area contributed by atoms with Gasteiger partial charge in [0.2, 0.25) is 0 Å². The third-order valence-electron chi connectivity index (χ3n) is 3.03. The lowest BCUT2D eigenvalue weighted by Crippen LogP contribution is -2.17. The second-order valence-corrected chi connectivity index (χ2v) is 5.64. The molecule has 20 heavy (non-hydrogen) atoms. The summed E-state index contributed by atoms with van der Waals surface area (Å²) in [5.41, 5.74) is 8.59. The van der Waals surface area contributed by atoms with E-state index in [1.54, 1.807) is 7.11 Å². The highest BCUT2D eigenvalue weighted by Gasteiger charge is 2.12. The predicted octanol–water partition coefficient (Wildman–Crippen LogP) is 3.86. The van der Waals surface area contributed by atoms with E-state index in [9.17, 15) is 0 Å². The van der Waals surface area contributed by atoms with Gasteiger partial charge in [-0.25, -0.2) is 0 Å². The van der Waals surface area contributed by atoms with Gasteiger partial charge in [-0.05, 0) is 30.3 Å². The minimum Gasteiger partial charge on any atom is -0.497 e. The standard InChI is InChI=1S/C15H15BrN2OS/c1-18(11-4-3-5-12(9-11)19-2)14-8-10(16)6-7-13(14)15(17)20/h3-9H,1-2H3,(H2,17,20). The number of halogens is 1. The number of ether oxygens (including phenoxy) is 1. The van der Waals surface area contributed by atoms with Crippen LogP contribution in [0, 0.1) is 0 Å². The smallest absolute Gasteiger partial charge is 0.120 e. The van der Waals surface area contributed by atoms with Gasteiger partial charge >= 0.3 is 0 Å². The van der Waals surface area contributed by atoms with E-state index in [4.69, 9.17) is 22.7 Å². The fourth-order valence-corrected chi connectivity index (χ4v) is 2.47. The second kappa shape index (κ2) is 6.24. The molecule has 0 unspecified atom stereocenters. The Morgan fingerprint density at radius 1 is 1.25 bits per heavy atom. The van der Waals surface area contributed by atoms with Crippen molar-refractivity contribution in [3.8, 4) is 5.75 Å². The number of hydrogen-bond acceptors (Lipinski definition) is 3. The summed E-state index contributed by atoms with van der Waals surface area (Å²) in [6.07, 6.45) is 0. The summed E-state index contributed by atoms with van der Waals surface area (Å²) in [6.45, 7) is 0. The fourth-order valence-electron chi connectivity index (χ4n) is 1.95. The van der Waals surface area contributed by atoms with E-state index in [-0.39, 0.29) is 0 Å². The van der Waals surface area contributed by atoms with Gasteiger partial charge < -0.3 is 15.4 Å².